The van der Waals surface area contributed by atoms with Crippen LogP contribution in [0.3, 0.4) is 0 Å². The summed E-state index contributed by atoms with van der Waals surface area (Å²) in [5.41, 5.74) is 0.952. The second-order valence-corrected chi connectivity index (χ2v) is 6.71. The largest absolute Gasteiger partial charge is 0.388 e. The highest BCUT2D eigenvalue weighted by Gasteiger charge is 2.39. The Morgan fingerprint density at radius 2 is 1.90 bits per heavy atom. The third-order valence-corrected chi connectivity index (χ3v) is 4.83. The Bertz CT molecular complexity index is 568. The summed E-state index contributed by atoms with van der Waals surface area (Å²) >= 11 is 0. The number of aryl methyl sites for hydroxylation is 1. The zero-order valence-corrected chi connectivity index (χ0v) is 13.0. The molecule has 7 heteroatoms. The summed E-state index contributed by atoms with van der Waals surface area (Å²) in [7, 11) is -2.48. The van der Waals surface area contributed by atoms with E-state index in [1.807, 2.05) is 6.92 Å². The molecule has 21 heavy (non-hydrogen) atoms. The van der Waals surface area contributed by atoms with Gasteiger partial charge in [0.1, 0.15) is 12.2 Å². The maximum atomic E-state index is 12.2. The fraction of sp³-hybridized carbons (Fsp3) is 0.571. The van der Waals surface area contributed by atoms with Crippen molar-refractivity contribution in [3.05, 3.63) is 29.8 Å². The van der Waals surface area contributed by atoms with Crippen molar-refractivity contribution in [2.45, 2.75) is 49.8 Å². The van der Waals surface area contributed by atoms with Gasteiger partial charge in [0.05, 0.1) is 11.0 Å². The third kappa shape index (κ3) is 3.81. The topological polar surface area (TPSA) is 82.1 Å². The number of methoxy groups -OCH3 is 1. The maximum absolute atomic E-state index is 12.2. The molecule has 1 heterocycles. The molecule has 4 unspecified atom stereocenters. The summed E-state index contributed by atoms with van der Waals surface area (Å²) in [6, 6.07) is 6.34. The molecule has 0 aromatic heterocycles. The quantitative estimate of drug-likeness (QED) is 0.841. The molecule has 6 nitrogen and oxygen atoms in total. The van der Waals surface area contributed by atoms with E-state index in [0.717, 1.165) is 5.56 Å². The van der Waals surface area contributed by atoms with Crippen LogP contribution in [0.25, 0.3) is 0 Å². The monoisotopic (exact) mass is 316 g/mol. The van der Waals surface area contributed by atoms with Crippen LogP contribution in [-0.2, 0) is 23.8 Å². The molecule has 4 atom stereocenters. The van der Waals surface area contributed by atoms with Crippen molar-refractivity contribution in [2.24, 2.45) is 0 Å². The fourth-order valence-corrected chi connectivity index (χ4v) is 3.28. The predicted molar refractivity (Wildman–Crippen MR) is 75.2 cm³/mol. The van der Waals surface area contributed by atoms with E-state index in [2.05, 4.69) is 0 Å². The molecule has 1 aliphatic heterocycles. The van der Waals surface area contributed by atoms with Gasteiger partial charge in [-0.3, -0.25) is 4.18 Å². The normalized spacial score (nSPS) is 30.3. The van der Waals surface area contributed by atoms with Crippen LogP contribution in [0.1, 0.15) is 18.9 Å². The summed E-state index contributed by atoms with van der Waals surface area (Å²) < 4.78 is 40.1. The number of aliphatic hydroxyl groups is 1. The van der Waals surface area contributed by atoms with Gasteiger partial charge in [-0.25, -0.2) is 0 Å². The zero-order chi connectivity index (χ0) is 15.6. The second kappa shape index (κ2) is 6.41. The Kier molecular flexibility index (Phi) is 5.00. The number of ether oxygens (including phenoxy) is 2. The van der Waals surface area contributed by atoms with Crippen LogP contribution in [0, 0.1) is 6.92 Å². The van der Waals surface area contributed by atoms with E-state index in [9.17, 15) is 13.5 Å². The van der Waals surface area contributed by atoms with Crippen LogP contribution < -0.4 is 0 Å². The lowest BCUT2D eigenvalue weighted by Crippen LogP contribution is -2.49. The van der Waals surface area contributed by atoms with Crippen LogP contribution in [0.4, 0.5) is 0 Å². The van der Waals surface area contributed by atoms with Gasteiger partial charge in [0.25, 0.3) is 10.1 Å². The lowest BCUT2D eigenvalue weighted by Gasteiger charge is -2.36. The first-order valence-corrected chi connectivity index (χ1v) is 8.10. The Labute approximate surface area is 124 Å². The SMILES string of the molecule is COC1CC(OS(=O)(=O)c2ccc(C)cc2)C(O)C(C)O1. The average molecular weight is 316 g/mol. The van der Waals surface area contributed by atoms with E-state index in [0.29, 0.717) is 0 Å². The highest BCUT2D eigenvalue weighted by molar-refractivity contribution is 7.86. The molecule has 118 valence electrons. The maximum Gasteiger partial charge on any atom is 0.297 e. The third-order valence-electron chi connectivity index (χ3n) is 3.48. The van der Waals surface area contributed by atoms with Gasteiger partial charge in [0.2, 0.25) is 0 Å². The highest BCUT2D eigenvalue weighted by atomic mass is 32.2. The molecule has 1 aliphatic rings. The molecular weight excluding hydrogens is 296 g/mol. The average Bonchev–Trinajstić information content (AvgIpc) is 2.43. The van der Waals surface area contributed by atoms with Crippen molar-refractivity contribution in [3.8, 4) is 0 Å². The highest BCUT2D eigenvalue weighted by Crippen LogP contribution is 2.26. The summed E-state index contributed by atoms with van der Waals surface area (Å²) in [5, 5.41) is 10.0. The minimum atomic E-state index is -3.94. The molecule has 1 saturated heterocycles. The Morgan fingerprint density at radius 3 is 2.48 bits per heavy atom. The van der Waals surface area contributed by atoms with Gasteiger partial charge in [0.15, 0.2) is 6.29 Å². The van der Waals surface area contributed by atoms with Gasteiger partial charge in [-0.15, -0.1) is 0 Å². The van der Waals surface area contributed by atoms with E-state index in [4.69, 9.17) is 13.7 Å². The van der Waals surface area contributed by atoms with Gasteiger partial charge in [0, 0.05) is 13.5 Å². The molecule has 2 rings (SSSR count). The van der Waals surface area contributed by atoms with Gasteiger partial charge >= 0.3 is 0 Å². The van der Waals surface area contributed by atoms with E-state index >= 15 is 0 Å². The van der Waals surface area contributed by atoms with Crippen molar-refractivity contribution in [3.63, 3.8) is 0 Å². The Morgan fingerprint density at radius 1 is 1.29 bits per heavy atom. The van der Waals surface area contributed by atoms with E-state index in [1.54, 1.807) is 19.1 Å². The van der Waals surface area contributed by atoms with Crippen molar-refractivity contribution in [1.82, 2.24) is 0 Å². The smallest absolute Gasteiger partial charge is 0.297 e. The second-order valence-electron chi connectivity index (χ2n) is 5.13. The van der Waals surface area contributed by atoms with Crippen LogP contribution in [0.15, 0.2) is 29.2 Å². The van der Waals surface area contributed by atoms with Gasteiger partial charge < -0.3 is 14.6 Å². The fourth-order valence-electron chi connectivity index (χ4n) is 2.18. The molecule has 0 saturated carbocycles. The molecule has 1 fully saturated rings. The summed E-state index contributed by atoms with van der Waals surface area (Å²) in [4.78, 5) is 0.0633. The Balaban J connectivity index is 2.16. The first-order valence-electron chi connectivity index (χ1n) is 6.70. The van der Waals surface area contributed by atoms with Crippen molar-refractivity contribution in [2.75, 3.05) is 7.11 Å². The first kappa shape index (κ1) is 16.4. The van der Waals surface area contributed by atoms with Crippen molar-refractivity contribution < 1.29 is 27.2 Å². The minimum absolute atomic E-state index is 0.0633. The van der Waals surface area contributed by atoms with E-state index in [1.165, 1.54) is 19.2 Å². The number of benzene rings is 1. The summed E-state index contributed by atoms with van der Waals surface area (Å²) in [6.45, 7) is 3.51. The first-order chi connectivity index (χ1) is 9.83. The Hall–Kier alpha value is -0.990. The van der Waals surface area contributed by atoms with Crippen LogP contribution in [0.5, 0.6) is 0 Å². The number of hydrogen-bond donors (Lipinski definition) is 1. The lowest BCUT2D eigenvalue weighted by atomic mass is 10.0. The van der Waals surface area contributed by atoms with Crippen molar-refractivity contribution >= 4 is 10.1 Å². The number of hydrogen-bond acceptors (Lipinski definition) is 6. The predicted octanol–water partition coefficient (Wildman–Crippen LogP) is 1.21. The van der Waals surface area contributed by atoms with Gasteiger partial charge in [-0.05, 0) is 26.0 Å². The van der Waals surface area contributed by atoms with E-state index in [-0.39, 0.29) is 11.3 Å². The molecule has 0 amide bonds. The molecule has 0 spiro atoms. The molecular formula is C14H20O6S. The van der Waals surface area contributed by atoms with Gasteiger partial charge in [-0.1, -0.05) is 17.7 Å². The molecule has 1 aromatic rings. The minimum Gasteiger partial charge on any atom is -0.388 e. The summed E-state index contributed by atoms with van der Waals surface area (Å²) in [6.07, 6.45) is -2.95. The standard InChI is InChI=1S/C14H20O6S/c1-9-4-6-11(7-5-9)21(16,17)20-12-8-13(18-3)19-10(2)14(12)15/h4-7,10,12-15H,8H2,1-3H3. The van der Waals surface area contributed by atoms with Crippen LogP contribution in [0.2, 0.25) is 0 Å². The molecule has 0 radical (unpaired) electrons. The number of rotatable bonds is 4. The van der Waals surface area contributed by atoms with E-state index < -0.39 is 34.7 Å². The zero-order valence-electron chi connectivity index (χ0n) is 12.2. The summed E-state index contributed by atoms with van der Waals surface area (Å²) in [5.74, 6) is 0. The molecule has 0 bridgehead atoms. The van der Waals surface area contributed by atoms with Crippen LogP contribution >= 0.6 is 0 Å². The van der Waals surface area contributed by atoms with Crippen molar-refractivity contribution in [1.29, 1.82) is 0 Å². The molecule has 1 aromatic carbocycles. The lowest BCUT2D eigenvalue weighted by molar-refractivity contribution is -0.232. The molecule has 1 N–H and O–H groups in total. The van der Waals surface area contributed by atoms with Crippen LogP contribution in [-0.4, -0.2) is 45.2 Å². The molecule has 0 aliphatic carbocycles. The number of aliphatic hydroxyl groups excluding tert-OH is 1. The van der Waals surface area contributed by atoms with Gasteiger partial charge in [-0.2, -0.15) is 8.42 Å².